The van der Waals surface area contributed by atoms with Crippen molar-refractivity contribution in [1.29, 1.82) is 0 Å². The van der Waals surface area contributed by atoms with E-state index < -0.39 is 5.67 Å². The SMILES string of the molecule is FC1(CNC2CCNC2)CCNCC1. The first-order valence-corrected chi connectivity index (χ1v) is 5.62. The van der Waals surface area contributed by atoms with E-state index in [0.717, 1.165) is 32.6 Å². The van der Waals surface area contributed by atoms with E-state index >= 15 is 0 Å². The predicted octanol–water partition coefficient (Wildman–Crippen LogP) is 0.0296. The molecule has 82 valence electrons. The molecule has 0 radical (unpaired) electrons. The minimum Gasteiger partial charge on any atom is -0.316 e. The summed E-state index contributed by atoms with van der Waals surface area (Å²) >= 11 is 0. The Morgan fingerprint density at radius 1 is 1.21 bits per heavy atom. The van der Waals surface area contributed by atoms with E-state index in [1.807, 2.05) is 0 Å². The molecule has 2 aliphatic heterocycles. The molecule has 0 saturated carbocycles. The summed E-state index contributed by atoms with van der Waals surface area (Å²) in [4.78, 5) is 0. The van der Waals surface area contributed by atoms with Crippen LogP contribution < -0.4 is 16.0 Å². The summed E-state index contributed by atoms with van der Waals surface area (Å²) in [5.74, 6) is 0. The van der Waals surface area contributed by atoms with Crippen molar-refractivity contribution in [2.75, 3.05) is 32.7 Å². The highest BCUT2D eigenvalue weighted by molar-refractivity contribution is 4.89. The molecule has 2 rings (SSSR count). The highest BCUT2D eigenvalue weighted by atomic mass is 19.1. The average Bonchev–Trinajstić information content (AvgIpc) is 2.69. The number of nitrogens with one attached hydrogen (secondary N) is 3. The largest absolute Gasteiger partial charge is 0.316 e. The van der Waals surface area contributed by atoms with Crippen LogP contribution in [0, 0.1) is 0 Å². The molecule has 4 heteroatoms. The van der Waals surface area contributed by atoms with Crippen LogP contribution in [0.4, 0.5) is 4.39 Å². The highest BCUT2D eigenvalue weighted by Crippen LogP contribution is 2.22. The zero-order valence-electron chi connectivity index (χ0n) is 8.61. The van der Waals surface area contributed by atoms with Crippen LogP contribution in [-0.4, -0.2) is 44.4 Å². The summed E-state index contributed by atoms with van der Waals surface area (Å²) < 4.78 is 14.1. The molecule has 2 heterocycles. The Bertz CT molecular complexity index is 174. The molecule has 1 unspecified atom stereocenters. The van der Waals surface area contributed by atoms with Crippen molar-refractivity contribution in [2.24, 2.45) is 0 Å². The Labute approximate surface area is 84.8 Å². The number of piperidine rings is 1. The minimum absolute atomic E-state index is 0.484. The molecule has 1 atom stereocenters. The Balaban J connectivity index is 1.72. The van der Waals surface area contributed by atoms with Crippen LogP contribution in [0.5, 0.6) is 0 Å². The molecule has 2 aliphatic rings. The van der Waals surface area contributed by atoms with Crippen LogP contribution in [-0.2, 0) is 0 Å². The van der Waals surface area contributed by atoms with E-state index in [9.17, 15) is 4.39 Å². The van der Waals surface area contributed by atoms with Crippen LogP contribution >= 0.6 is 0 Å². The van der Waals surface area contributed by atoms with Gasteiger partial charge in [-0.1, -0.05) is 0 Å². The van der Waals surface area contributed by atoms with Gasteiger partial charge in [-0.2, -0.15) is 0 Å². The molecule has 0 aromatic heterocycles. The standard InChI is InChI=1S/C10H20FN3/c11-10(2-5-12-6-3-10)8-14-9-1-4-13-7-9/h9,12-14H,1-8H2. The lowest BCUT2D eigenvalue weighted by atomic mass is 9.94. The molecule has 3 N–H and O–H groups in total. The summed E-state index contributed by atoms with van der Waals surface area (Å²) in [5, 5.41) is 9.79. The minimum atomic E-state index is -0.964. The van der Waals surface area contributed by atoms with Gasteiger partial charge in [-0.25, -0.2) is 4.39 Å². The van der Waals surface area contributed by atoms with Gasteiger partial charge in [0, 0.05) is 19.1 Å². The van der Waals surface area contributed by atoms with Crippen molar-refractivity contribution in [1.82, 2.24) is 16.0 Å². The maximum Gasteiger partial charge on any atom is 0.125 e. The lowest BCUT2D eigenvalue weighted by Crippen LogP contribution is -2.48. The van der Waals surface area contributed by atoms with E-state index in [4.69, 9.17) is 0 Å². The van der Waals surface area contributed by atoms with Gasteiger partial charge in [-0.05, 0) is 38.9 Å². The summed E-state index contributed by atoms with van der Waals surface area (Å²) in [7, 11) is 0. The molecule has 14 heavy (non-hydrogen) atoms. The quantitative estimate of drug-likeness (QED) is 0.603. The van der Waals surface area contributed by atoms with Crippen LogP contribution in [0.2, 0.25) is 0 Å². The number of rotatable bonds is 3. The zero-order valence-corrected chi connectivity index (χ0v) is 8.61. The maximum atomic E-state index is 14.1. The first-order chi connectivity index (χ1) is 6.79. The van der Waals surface area contributed by atoms with E-state index in [1.165, 1.54) is 0 Å². The second kappa shape index (κ2) is 4.55. The van der Waals surface area contributed by atoms with Crippen LogP contribution in [0.1, 0.15) is 19.3 Å². The van der Waals surface area contributed by atoms with E-state index in [2.05, 4.69) is 16.0 Å². The van der Waals surface area contributed by atoms with Crippen molar-refractivity contribution in [2.45, 2.75) is 31.0 Å². The molecular formula is C10H20FN3. The normalized spacial score (nSPS) is 31.9. The van der Waals surface area contributed by atoms with Gasteiger partial charge in [-0.3, -0.25) is 0 Å². The topological polar surface area (TPSA) is 36.1 Å². The average molecular weight is 201 g/mol. The lowest BCUT2D eigenvalue weighted by molar-refractivity contribution is 0.110. The van der Waals surface area contributed by atoms with Crippen molar-refractivity contribution in [3.63, 3.8) is 0 Å². The third kappa shape index (κ3) is 2.65. The highest BCUT2D eigenvalue weighted by Gasteiger charge is 2.32. The Morgan fingerprint density at radius 3 is 2.64 bits per heavy atom. The van der Waals surface area contributed by atoms with Crippen LogP contribution in [0.15, 0.2) is 0 Å². The predicted molar refractivity (Wildman–Crippen MR) is 55.2 cm³/mol. The third-order valence-electron chi connectivity index (χ3n) is 3.27. The van der Waals surface area contributed by atoms with Crippen LogP contribution in [0.3, 0.4) is 0 Å². The molecule has 2 fully saturated rings. The molecule has 0 aliphatic carbocycles. The molecule has 0 amide bonds. The van der Waals surface area contributed by atoms with Gasteiger partial charge in [0.05, 0.1) is 0 Å². The van der Waals surface area contributed by atoms with Crippen molar-refractivity contribution in [3.8, 4) is 0 Å². The van der Waals surface area contributed by atoms with Gasteiger partial charge in [0.2, 0.25) is 0 Å². The Morgan fingerprint density at radius 2 is 2.00 bits per heavy atom. The monoisotopic (exact) mass is 201 g/mol. The fraction of sp³-hybridized carbons (Fsp3) is 1.00. The number of alkyl halides is 1. The van der Waals surface area contributed by atoms with Gasteiger partial charge in [-0.15, -0.1) is 0 Å². The fourth-order valence-corrected chi connectivity index (χ4v) is 2.21. The van der Waals surface area contributed by atoms with E-state index in [1.54, 1.807) is 0 Å². The molecule has 3 nitrogen and oxygen atoms in total. The number of hydrogen-bond acceptors (Lipinski definition) is 3. The first kappa shape index (κ1) is 10.3. The van der Waals surface area contributed by atoms with Crippen molar-refractivity contribution >= 4 is 0 Å². The summed E-state index contributed by atoms with van der Waals surface area (Å²) in [6.07, 6.45) is 2.44. The smallest absolute Gasteiger partial charge is 0.125 e. The molecule has 2 saturated heterocycles. The van der Waals surface area contributed by atoms with Gasteiger partial charge in [0.1, 0.15) is 5.67 Å². The Hall–Kier alpha value is -0.190. The lowest BCUT2D eigenvalue weighted by Gasteiger charge is -2.31. The summed E-state index contributed by atoms with van der Waals surface area (Å²) in [6, 6.07) is 0.484. The molecule has 0 aromatic carbocycles. The third-order valence-corrected chi connectivity index (χ3v) is 3.27. The second-order valence-corrected chi connectivity index (χ2v) is 4.47. The fourth-order valence-electron chi connectivity index (χ4n) is 2.21. The van der Waals surface area contributed by atoms with Crippen molar-refractivity contribution < 1.29 is 4.39 Å². The molecular weight excluding hydrogens is 181 g/mol. The maximum absolute atomic E-state index is 14.1. The molecule has 0 spiro atoms. The van der Waals surface area contributed by atoms with Gasteiger partial charge < -0.3 is 16.0 Å². The summed E-state index contributed by atoms with van der Waals surface area (Å²) in [5.41, 5.74) is -0.964. The van der Waals surface area contributed by atoms with Gasteiger partial charge in [0.15, 0.2) is 0 Å². The number of hydrogen-bond donors (Lipinski definition) is 3. The van der Waals surface area contributed by atoms with Gasteiger partial charge >= 0.3 is 0 Å². The van der Waals surface area contributed by atoms with E-state index in [-0.39, 0.29) is 0 Å². The second-order valence-electron chi connectivity index (χ2n) is 4.47. The summed E-state index contributed by atoms with van der Waals surface area (Å²) in [6.45, 7) is 4.23. The van der Waals surface area contributed by atoms with Crippen molar-refractivity contribution in [3.05, 3.63) is 0 Å². The zero-order chi connectivity index (χ0) is 9.86. The van der Waals surface area contributed by atoms with E-state index in [0.29, 0.717) is 25.4 Å². The van der Waals surface area contributed by atoms with Crippen LogP contribution in [0.25, 0.3) is 0 Å². The Kier molecular flexibility index (Phi) is 3.36. The molecule has 0 bridgehead atoms. The number of halogens is 1. The molecule has 0 aromatic rings. The van der Waals surface area contributed by atoms with Gasteiger partial charge in [0.25, 0.3) is 0 Å². The first-order valence-electron chi connectivity index (χ1n) is 5.62.